The predicted molar refractivity (Wildman–Crippen MR) is 115 cm³/mol. The molecule has 0 saturated heterocycles. The van der Waals surface area contributed by atoms with E-state index in [4.69, 9.17) is 4.74 Å². The number of hydrogen-bond acceptors (Lipinski definition) is 4. The van der Waals surface area contributed by atoms with Crippen LogP contribution in [0.5, 0.6) is 11.5 Å². The summed E-state index contributed by atoms with van der Waals surface area (Å²) in [4.78, 5) is 4.20. The average Bonchev–Trinajstić information content (AvgIpc) is 2.93. The molecule has 0 amide bonds. The molecule has 26 heavy (non-hydrogen) atoms. The van der Waals surface area contributed by atoms with Gasteiger partial charge in [-0.3, -0.25) is 9.67 Å². The lowest BCUT2D eigenvalue weighted by Crippen LogP contribution is -2.37. The number of aliphatic imine (C=N–C) groups is 1. The molecule has 0 aliphatic heterocycles. The zero-order valence-electron chi connectivity index (χ0n) is 15.7. The second-order valence-electron chi connectivity index (χ2n) is 5.85. The van der Waals surface area contributed by atoms with E-state index in [-0.39, 0.29) is 29.7 Å². The molecule has 0 bridgehead atoms. The molecule has 0 spiro atoms. The van der Waals surface area contributed by atoms with Crippen LogP contribution in [0.2, 0.25) is 0 Å². The highest BCUT2D eigenvalue weighted by atomic mass is 127. The molecule has 0 aliphatic rings. The monoisotopic (exact) mass is 473 g/mol. The quantitative estimate of drug-likeness (QED) is 0.249. The number of phenolic OH excluding ortho intramolecular Hbond substituents is 1. The van der Waals surface area contributed by atoms with Crippen molar-refractivity contribution < 1.29 is 9.84 Å². The van der Waals surface area contributed by atoms with E-state index in [1.807, 2.05) is 11.6 Å². The number of benzene rings is 1. The largest absolute Gasteiger partial charge is 0.508 e. The van der Waals surface area contributed by atoms with Crippen LogP contribution in [-0.2, 0) is 13.1 Å². The number of rotatable bonds is 7. The lowest BCUT2D eigenvalue weighted by molar-refractivity contribution is 0.410. The number of nitrogens with one attached hydrogen (secondary N) is 2. The SMILES string of the molecule is CN=C(NCCCn1nc(C)cc1C)NCc1cc(OC)ccc1O.I. The van der Waals surface area contributed by atoms with Crippen LogP contribution in [-0.4, -0.2) is 41.5 Å². The van der Waals surface area contributed by atoms with E-state index in [0.717, 1.165) is 30.8 Å². The van der Waals surface area contributed by atoms with Gasteiger partial charge in [0, 0.05) is 37.9 Å². The van der Waals surface area contributed by atoms with Gasteiger partial charge in [-0.15, -0.1) is 24.0 Å². The maximum absolute atomic E-state index is 9.92. The molecule has 8 heteroatoms. The molecule has 2 aromatic rings. The highest BCUT2D eigenvalue weighted by molar-refractivity contribution is 14.0. The molecule has 2 rings (SSSR count). The Bertz CT molecular complexity index is 730. The Labute approximate surface area is 171 Å². The fraction of sp³-hybridized carbons (Fsp3) is 0.444. The van der Waals surface area contributed by atoms with E-state index in [0.29, 0.717) is 18.3 Å². The highest BCUT2D eigenvalue weighted by Gasteiger charge is 2.05. The van der Waals surface area contributed by atoms with Crippen LogP contribution in [0.3, 0.4) is 0 Å². The number of methoxy groups -OCH3 is 1. The Morgan fingerprint density at radius 2 is 2.04 bits per heavy atom. The van der Waals surface area contributed by atoms with Crippen LogP contribution < -0.4 is 15.4 Å². The van der Waals surface area contributed by atoms with E-state index >= 15 is 0 Å². The molecule has 0 saturated carbocycles. The van der Waals surface area contributed by atoms with Gasteiger partial charge in [-0.2, -0.15) is 5.10 Å². The van der Waals surface area contributed by atoms with Crippen molar-refractivity contribution in [3.63, 3.8) is 0 Å². The van der Waals surface area contributed by atoms with Crippen molar-refractivity contribution >= 4 is 29.9 Å². The summed E-state index contributed by atoms with van der Waals surface area (Å²) in [5.74, 6) is 1.63. The van der Waals surface area contributed by atoms with Crippen molar-refractivity contribution in [2.75, 3.05) is 20.7 Å². The number of guanidine groups is 1. The van der Waals surface area contributed by atoms with Crippen LogP contribution in [0.25, 0.3) is 0 Å². The second kappa shape index (κ2) is 10.9. The topological polar surface area (TPSA) is 83.7 Å². The van der Waals surface area contributed by atoms with Gasteiger partial charge in [0.15, 0.2) is 5.96 Å². The summed E-state index contributed by atoms with van der Waals surface area (Å²) in [6.45, 7) is 6.17. The minimum Gasteiger partial charge on any atom is -0.508 e. The van der Waals surface area contributed by atoms with Gasteiger partial charge in [-0.1, -0.05) is 0 Å². The lowest BCUT2D eigenvalue weighted by Gasteiger charge is -2.13. The molecule has 1 heterocycles. The first-order chi connectivity index (χ1) is 12.0. The normalized spacial score (nSPS) is 11.0. The number of halogens is 1. The first-order valence-corrected chi connectivity index (χ1v) is 8.35. The van der Waals surface area contributed by atoms with Gasteiger partial charge in [-0.05, 0) is 44.5 Å². The van der Waals surface area contributed by atoms with Gasteiger partial charge in [0.2, 0.25) is 0 Å². The fourth-order valence-corrected chi connectivity index (χ4v) is 2.57. The van der Waals surface area contributed by atoms with Gasteiger partial charge < -0.3 is 20.5 Å². The van der Waals surface area contributed by atoms with Crippen molar-refractivity contribution in [3.8, 4) is 11.5 Å². The number of aromatic nitrogens is 2. The maximum atomic E-state index is 9.92. The lowest BCUT2D eigenvalue weighted by atomic mass is 10.2. The average molecular weight is 473 g/mol. The third-order valence-corrected chi connectivity index (χ3v) is 3.90. The zero-order valence-corrected chi connectivity index (χ0v) is 18.1. The Morgan fingerprint density at radius 1 is 1.27 bits per heavy atom. The molecule has 0 unspecified atom stereocenters. The number of aryl methyl sites for hydroxylation is 3. The summed E-state index contributed by atoms with van der Waals surface area (Å²) < 4.78 is 7.20. The van der Waals surface area contributed by atoms with E-state index in [2.05, 4.69) is 33.7 Å². The van der Waals surface area contributed by atoms with Crippen LogP contribution >= 0.6 is 24.0 Å². The first kappa shape index (κ1) is 22.1. The fourth-order valence-electron chi connectivity index (χ4n) is 2.57. The summed E-state index contributed by atoms with van der Waals surface area (Å²) in [5, 5.41) is 20.8. The van der Waals surface area contributed by atoms with Gasteiger partial charge in [0.05, 0.1) is 12.8 Å². The standard InChI is InChI=1S/C18H27N5O2.HI/c1-13-10-14(2)23(22-13)9-5-8-20-18(19-3)21-12-15-11-16(25-4)6-7-17(15)24;/h6-7,10-11,24H,5,8-9,12H2,1-4H3,(H2,19,20,21);1H. The van der Waals surface area contributed by atoms with Crippen molar-refractivity contribution in [2.45, 2.75) is 33.4 Å². The van der Waals surface area contributed by atoms with Crippen molar-refractivity contribution in [1.29, 1.82) is 0 Å². The van der Waals surface area contributed by atoms with E-state index in [9.17, 15) is 5.11 Å². The Balaban J connectivity index is 0.00000338. The minimum atomic E-state index is 0. The molecule has 0 aliphatic carbocycles. The number of ether oxygens (including phenoxy) is 1. The number of aromatic hydroxyl groups is 1. The van der Waals surface area contributed by atoms with Gasteiger partial charge in [0.1, 0.15) is 11.5 Å². The molecule has 0 fully saturated rings. The predicted octanol–water partition coefficient (Wildman–Crippen LogP) is 2.59. The van der Waals surface area contributed by atoms with Crippen molar-refractivity contribution in [2.24, 2.45) is 4.99 Å². The third kappa shape index (κ3) is 6.40. The van der Waals surface area contributed by atoms with Crippen LogP contribution in [0.1, 0.15) is 23.4 Å². The van der Waals surface area contributed by atoms with E-state index in [1.165, 1.54) is 5.69 Å². The number of phenols is 1. The van der Waals surface area contributed by atoms with Crippen LogP contribution in [0, 0.1) is 13.8 Å². The molecule has 144 valence electrons. The molecule has 0 radical (unpaired) electrons. The third-order valence-electron chi connectivity index (χ3n) is 3.90. The van der Waals surface area contributed by atoms with E-state index < -0.39 is 0 Å². The number of hydrogen-bond donors (Lipinski definition) is 3. The first-order valence-electron chi connectivity index (χ1n) is 8.35. The molecule has 1 aromatic carbocycles. The Kier molecular flexibility index (Phi) is 9.25. The Hall–Kier alpha value is -1.97. The minimum absolute atomic E-state index is 0. The molecule has 3 N–H and O–H groups in total. The van der Waals surface area contributed by atoms with Gasteiger partial charge in [0.25, 0.3) is 0 Å². The second-order valence-corrected chi connectivity index (χ2v) is 5.85. The molecule has 1 aromatic heterocycles. The zero-order chi connectivity index (χ0) is 18.2. The molecule has 7 nitrogen and oxygen atoms in total. The molecule has 0 atom stereocenters. The Morgan fingerprint density at radius 3 is 2.65 bits per heavy atom. The molecular formula is C18H28IN5O2. The maximum Gasteiger partial charge on any atom is 0.191 e. The summed E-state index contributed by atoms with van der Waals surface area (Å²) in [7, 11) is 3.33. The van der Waals surface area contributed by atoms with Gasteiger partial charge in [-0.25, -0.2) is 0 Å². The van der Waals surface area contributed by atoms with E-state index in [1.54, 1.807) is 32.4 Å². The smallest absolute Gasteiger partial charge is 0.191 e. The number of nitrogens with zero attached hydrogens (tertiary/aromatic N) is 3. The molecular weight excluding hydrogens is 445 g/mol. The summed E-state index contributed by atoms with van der Waals surface area (Å²) >= 11 is 0. The summed E-state index contributed by atoms with van der Waals surface area (Å²) in [5.41, 5.74) is 2.97. The van der Waals surface area contributed by atoms with Crippen LogP contribution in [0.15, 0.2) is 29.3 Å². The summed E-state index contributed by atoms with van der Waals surface area (Å²) in [6, 6.07) is 7.23. The summed E-state index contributed by atoms with van der Waals surface area (Å²) in [6.07, 6.45) is 0.938. The van der Waals surface area contributed by atoms with Crippen LogP contribution in [0.4, 0.5) is 0 Å². The van der Waals surface area contributed by atoms with Crippen molar-refractivity contribution in [3.05, 3.63) is 41.2 Å². The van der Waals surface area contributed by atoms with Gasteiger partial charge >= 0.3 is 0 Å². The highest BCUT2D eigenvalue weighted by Crippen LogP contribution is 2.22. The van der Waals surface area contributed by atoms with Crippen molar-refractivity contribution in [1.82, 2.24) is 20.4 Å².